The van der Waals surface area contributed by atoms with Gasteiger partial charge in [-0.25, -0.2) is 0 Å². The van der Waals surface area contributed by atoms with E-state index in [1.54, 1.807) is 0 Å². The van der Waals surface area contributed by atoms with E-state index >= 15 is 0 Å². The fourth-order valence-electron chi connectivity index (χ4n) is 17.6. The van der Waals surface area contributed by atoms with Gasteiger partial charge in [-0.2, -0.15) is 0 Å². The van der Waals surface area contributed by atoms with E-state index in [1.807, 2.05) is 37.2 Å². The fraction of sp³-hybridized carbons (Fsp3) is 0.267. The van der Waals surface area contributed by atoms with E-state index in [0.29, 0.717) is 0 Å². The van der Waals surface area contributed by atoms with Gasteiger partial charge >= 0.3 is 0 Å². The second-order valence-corrected chi connectivity index (χ2v) is 32.8. The lowest BCUT2D eigenvalue weighted by Crippen LogP contribution is -1.97. The minimum atomic E-state index is 1.05. The maximum Gasteiger partial charge on any atom is 0.0746 e. The summed E-state index contributed by atoms with van der Waals surface area (Å²) in [7, 11) is 0. The molecule has 14 aromatic rings. The van der Waals surface area contributed by atoms with Crippen LogP contribution >= 0.6 is 0 Å². The van der Waals surface area contributed by atoms with Crippen LogP contribution in [0.5, 0.6) is 0 Å². The van der Waals surface area contributed by atoms with Crippen molar-refractivity contribution in [3.63, 3.8) is 0 Å². The van der Waals surface area contributed by atoms with Gasteiger partial charge in [0.05, 0.1) is 39.9 Å². The SMILES string of the molecule is Cc1ccc2c(c1)-c1ncc(C)c(C)c1C2.Cc1ccc2c(c1)Cc1c-2ncc(C)c1C.Cc1ccc2c(c1C)Cc1c-2ncc(C)c1C.Cc1cnc2c(c1C)Cc1c(C)cccc1-2.Cc1cnc2c(c1C)Cc1cccc(C)c1-2.Cc1cnc2c(c1C)Cc1ccccc1-2.Cc1nc2c(c(C)c1C)Cc1ccccc1-2. The number of nitrogens with zero attached hydrogens (tertiary/aromatic N) is 7. The minimum absolute atomic E-state index is 1.05. The maximum atomic E-state index is 4.76. The van der Waals surface area contributed by atoms with E-state index in [4.69, 9.17) is 4.98 Å². The molecule has 7 nitrogen and oxygen atoms in total. The number of pyridine rings is 7. The molecule has 0 N–H and O–H groups in total. The first-order chi connectivity index (χ1) is 53.7. The average molecular weight is 1470 g/mol. The van der Waals surface area contributed by atoms with Crippen LogP contribution in [0.2, 0.25) is 0 Å². The summed E-state index contributed by atoms with van der Waals surface area (Å²) in [4.78, 5) is 32.4. The van der Waals surface area contributed by atoms with Gasteiger partial charge in [0, 0.05) is 127 Å². The van der Waals surface area contributed by atoms with Crippen LogP contribution in [0, 0.1) is 145 Å². The van der Waals surface area contributed by atoms with Crippen LogP contribution in [0.25, 0.3) is 78.8 Å². The van der Waals surface area contributed by atoms with E-state index in [0.717, 1.165) is 50.6 Å². The van der Waals surface area contributed by atoms with Crippen LogP contribution in [0.15, 0.2) is 171 Å². The Morgan fingerprint density at radius 2 is 0.536 bits per heavy atom. The highest BCUT2D eigenvalue weighted by Crippen LogP contribution is 2.45. The van der Waals surface area contributed by atoms with E-state index in [-0.39, 0.29) is 0 Å². The Bertz CT molecular complexity index is 6110. The smallest absolute Gasteiger partial charge is 0.0746 e. The Hall–Kier alpha value is -11.4. The number of aryl methyl sites for hydroxylation is 12. The van der Waals surface area contributed by atoms with E-state index in [9.17, 15) is 0 Å². The highest BCUT2D eigenvalue weighted by molar-refractivity contribution is 5.82. The monoisotopic (exact) mass is 1460 g/mol. The summed E-state index contributed by atoms with van der Waals surface area (Å²) in [6, 6.07) is 48.0. The summed E-state index contributed by atoms with van der Waals surface area (Å²) in [6.45, 7) is 45.6. The largest absolute Gasteiger partial charge is 0.256 e. The molecule has 0 saturated carbocycles. The second kappa shape index (κ2) is 30.7. The third kappa shape index (κ3) is 13.9. The average Bonchev–Trinajstić information content (AvgIpc) is 1.54. The third-order valence-corrected chi connectivity index (χ3v) is 25.9. The van der Waals surface area contributed by atoms with Crippen LogP contribution in [-0.4, -0.2) is 34.9 Å². The fourth-order valence-corrected chi connectivity index (χ4v) is 17.6. The van der Waals surface area contributed by atoms with Crippen molar-refractivity contribution in [3.05, 3.63) is 365 Å². The number of hydrogen-bond acceptors (Lipinski definition) is 7. The van der Waals surface area contributed by atoms with Gasteiger partial charge in [0.2, 0.25) is 0 Å². The van der Waals surface area contributed by atoms with Crippen molar-refractivity contribution >= 4 is 0 Å². The highest BCUT2D eigenvalue weighted by Gasteiger charge is 2.30. The molecular formula is C105H105N7. The van der Waals surface area contributed by atoms with E-state index < -0.39 is 0 Å². The predicted molar refractivity (Wildman–Crippen MR) is 467 cm³/mol. The molecular weight excluding hydrogens is 1360 g/mol. The first kappa shape index (κ1) is 76.0. The molecule has 560 valence electrons. The summed E-state index contributed by atoms with van der Waals surface area (Å²) in [5.74, 6) is 0. The topological polar surface area (TPSA) is 90.2 Å². The molecule has 0 bridgehead atoms. The lowest BCUT2D eigenvalue weighted by molar-refractivity contribution is 1.09. The van der Waals surface area contributed by atoms with Gasteiger partial charge in [0.1, 0.15) is 0 Å². The Morgan fingerprint density at radius 1 is 0.196 bits per heavy atom. The van der Waals surface area contributed by atoms with Gasteiger partial charge in [-0.3, -0.25) is 34.9 Å². The van der Waals surface area contributed by atoms with Gasteiger partial charge in [-0.15, -0.1) is 0 Å². The normalized spacial score (nSPS) is 12.4. The Balaban J connectivity index is 0.000000103. The lowest BCUT2D eigenvalue weighted by atomic mass is 9.99. The number of rotatable bonds is 0. The van der Waals surface area contributed by atoms with E-state index in [1.165, 1.54) is 268 Å². The highest BCUT2D eigenvalue weighted by atomic mass is 14.7. The van der Waals surface area contributed by atoms with E-state index in [2.05, 4.69) is 309 Å². The van der Waals surface area contributed by atoms with Crippen molar-refractivity contribution in [2.45, 2.75) is 190 Å². The number of hydrogen-bond donors (Lipinski definition) is 0. The van der Waals surface area contributed by atoms with Crippen LogP contribution in [0.3, 0.4) is 0 Å². The molecule has 7 aliphatic carbocycles. The quantitative estimate of drug-likeness (QED) is 0.149. The molecule has 112 heavy (non-hydrogen) atoms. The third-order valence-electron chi connectivity index (χ3n) is 25.9. The molecule has 0 aliphatic heterocycles. The number of benzene rings is 7. The summed E-state index contributed by atoms with van der Waals surface area (Å²) < 4.78 is 0. The molecule has 0 atom stereocenters. The van der Waals surface area contributed by atoms with Crippen molar-refractivity contribution in [2.75, 3.05) is 0 Å². The number of fused-ring (bicyclic) bond motifs is 21. The van der Waals surface area contributed by atoms with Crippen LogP contribution in [-0.2, 0) is 44.9 Å². The predicted octanol–water partition coefficient (Wildman–Crippen LogP) is 25.0. The van der Waals surface area contributed by atoms with Crippen LogP contribution in [0.1, 0.15) is 195 Å². The molecule has 0 fully saturated rings. The van der Waals surface area contributed by atoms with Gasteiger partial charge in [-0.05, 0) is 329 Å². The molecule has 0 spiro atoms. The molecule has 7 heterocycles. The molecule has 21 rings (SSSR count). The molecule has 0 radical (unpaired) electrons. The first-order valence-electron chi connectivity index (χ1n) is 40.0. The first-order valence-corrected chi connectivity index (χ1v) is 40.0. The Kier molecular flexibility index (Phi) is 20.8. The van der Waals surface area contributed by atoms with Gasteiger partial charge < -0.3 is 0 Å². The van der Waals surface area contributed by atoms with Gasteiger partial charge in [0.15, 0.2) is 0 Å². The summed E-state index contributed by atoms with van der Waals surface area (Å²) in [5.41, 5.74) is 65.9. The van der Waals surface area contributed by atoms with Crippen LogP contribution in [0.4, 0.5) is 0 Å². The second-order valence-electron chi connectivity index (χ2n) is 32.8. The van der Waals surface area contributed by atoms with Crippen molar-refractivity contribution in [2.24, 2.45) is 0 Å². The standard InChI is InChI=1S/C16H17N.5C15H15N.C14H13N/c1-9-5-6-13-14(11(9)3)7-15-12(4)10(2)8-17-16(13)15;1-9-4-5-13-12(6-9)7-14-11(3)10(2)8-16-15(13)14;1-9-4-5-12-7-13-11(3)10(2)8-16-15(13)14(12)6-9;1-9-5-4-6-12-13(9)7-14-11(3)10(2)8-16-15(12)14;1-9-5-4-6-12-7-13-11(3)10(2)8-16-15(13)14(9)12;1-9-10(2)14-8-12-6-4-5-7-13(12)15(14)16-11(9)3;1-9-8-15-14-12-6-4-3-5-11(12)7-13(14)10(9)2/h5-6,8H,7H2,1-4H3;4*4-6,8H,7H2,1-3H3;4-7H,8H2,1-3H3;3-6,8H,7H2,1-2H3. The Morgan fingerprint density at radius 3 is 1.07 bits per heavy atom. The lowest BCUT2D eigenvalue weighted by Gasteiger charge is -2.10. The zero-order chi connectivity index (χ0) is 79.0. The molecule has 0 unspecified atom stereocenters. The molecule has 7 aromatic heterocycles. The molecule has 7 aliphatic rings. The van der Waals surface area contributed by atoms with Crippen molar-refractivity contribution < 1.29 is 0 Å². The Labute approximate surface area is 665 Å². The summed E-state index contributed by atoms with van der Waals surface area (Å²) in [5, 5.41) is 0. The van der Waals surface area contributed by atoms with Crippen LogP contribution < -0.4 is 0 Å². The molecule has 7 heteroatoms. The maximum absolute atomic E-state index is 4.76. The van der Waals surface area contributed by atoms with Crippen molar-refractivity contribution in [3.8, 4) is 78.8 Å². The molecule has 0 saturated heterocycles. The van der Waals surface area contributed by atoms with Gasteiger partial charge in [0.25, 0.3) is 0 Å². The summed E-state index contributed by atoms with van der Waals surface area (Å²) in [6.07, 6.45) is 19.3. The molecule has 0 amide bonds. The zero-order valence-corrected chi connectivity index (χ0v) is 69.7. The van der Waals surface area contributed by atoms with Crippen molar-refractivity contribution in [1.29, 1.82) is 0 Å². The van der Waals surface area contributed by atoms with Gasteiger partial charge in [-0.1, -0.05) is 139 Å². The summed E-state index contributed by atoms with van der Waals surface area (Å²) >= 11 is 0. The minimum Gasteiger partial charge on any atom is -0.256 e. The number of aromatic nitrogens is 7. The zero-order valence-electron chi connectivity index (χ0n) is 69.7. The molecule has 7 aromatic carbocycles. The van der Waals surface area contributed by atoms with Crippen molar-refractivity contribution in [1.82, 2.24) is 34.9 Å².